The molecular formula is C12H16F2N2O3. The van der Waals surface area contributed by atoms with Gasteiger partial charge in [0.15, 0.2) is 0 Å². The summed E-state index contributed by atoms with van der Waals surface area (Å²) in [7, 11) is 0. The number of hydrogen-bond donors (Lipinski definition) is 4. The van der Waals surface area contributed by atoms with Crippen LogP contribution in [0.25, 0.3) is 0 Å². The van der Waals surface area contributed by atoms with E-state index in [-0.39, 0.29) is 11.3 Å². The van der Waals surface area contributed by atoms with Gasteiger partial charge in [0.2, 0.25) is 0 Å². The minimum Gasteiger partial charge on any atom is -0.508 e. The molecule has 1 aliphatic rings. The zero-order valence-electron chi connectivity index (χ0n) is 10.2. The molecule has 1 atom stereocenters. The monoisotopic (exact) mass is 274 g/mol. The van der Waals surface area contributed by atoms with E-state index in [1.807, 2.05) is 0 Å². The van der Waals surface area contributed by atoms with Gasteiger partial charge in [0.1, 0.15) is 23.3 Å². The van der Waals surface area contributed by atoms with Gasteiger partial charge in [-0.1, -0.05) is 0 Å². The number of phenols is 3. The van der Waals surface area contributed by atoms with Crippen LogP contribution in [0.4, 0.5) is 8.78 Å². The number of hydrogen-bond acceptors (Lipinski definition) is 5. The van der Waals surface area contributed by atoms with Gasteiger partial charge < -0.3 is 20.6 Å². The molecule has 106 valence electrons. The van der Waals surface area contributed by atoms with Crippen molar-refractivity contribution in [2.75, 3.05) is 26.2 Å². The summed E-state index contributed by atoms with van der Waals surface area (Å²) in [4.78, 5) is 1.51. The summed E-state index contributed by atoms with van der Waals surface area (Å²) < 4.78 is 26.6. The second kappa shape index (κ2) is 5.58. The summed E-state index contributed by atoms with van der Waals surface area (Å²) in [5.41, 5.74) is -0.241. The average Bonchev–Trinajstić information content (AvgIpc) is 2.34. The topological polar surface area (TPSA) is 76.0 Å². The number of aromatic hydroxyl groups is 3. The quantitative estimate of drug-likeness (QED) is 0.662. The Morgan fingerprint density at radius 2 is 1.58 bits per heavy atom. The maximum atomic E-state index is 13.3. The van der Waals surface area contributed by atoms with Crippen LogP contribution in [-0.2, 0) is 0 Å². The summed E-state index contributed by atoms with van der Waals surface area (Å²) in [6.45, 7) is 1.94. The molecule has 0 unspecified atom stereocenters. The van der Waals surface area contributed by atoms with Crippen LogP contribution in [0.2, 0.25) is 0 Å². The molecule has 1 aliphatic heterocycles. The largest absolute Gasteiger partial charge is 0.508 e. The van der Waals surface area contributed by atoms with E-state index in [9.17, 15) is 24.1 Å². The standard InChI is InChI=1S/C12H16F2N2O3/c13-12(14)11(16-3-1-15-2-4-16)10-8(18)5-7(17)6-9(10)19/h5-6,11-12,15,17-19H,1-4H2/t11-/m0/s1. The van der Waals surface area contributed by atoms with E-state index in [4.69, 9.17) is 0 Å². The van der Waals surface area contributed by atoms with Gasteiger partial charge in [-0.25, -0.2) is 8.78 Å². The molecule has 19 heavy (non-hydrogen) atoms. The van der Waals surface area contributed by atoms with Crippen LogP contribution in [0, 0.1) is 0 Å². The van der Waals surface area contributed by atoms with Crippen molar-refractivity contribution in [3.8, 4) is 17.2 Å². The van der Waals surface area contributed by atoms with Crippen molar-refractivity contribution in [3.05, 3.63) is 17.7 Å². The van der Waals surface area contributed by atoms with Gasteiger partial charge in [-0.2, -0.15) is 0 Å². The van der Waals surface area contributed by atoms with Crippen LogP contribution in [0.1, 0.15) is 11.6 Å². The Morgan fingerprint density at radius 3 is 2.05 bits per heavy atom. The van der Waals surface area contributed by atoms with E-state index in [0.29, 0.717) is 26.2 Å². The highest BCUT2D eigenvalue weighted by Gasteiger charge is 2.34. The van der Waals surface area contributed by atoms with Crippen molar-refractivity contribution in [2.24, 2.45) is 0 Å². The van der Waals surface area contributed by atoms with Gasteiger partial charge in [-0.15, -0.1) is 0 Å². The Hall–Kier alpha value is -1.60. The lowest BCUT2D eigenvalue weighted by Gasteiger charge is -2.35. The molecule has 0 aliphatic carbocycles. The smallest absolute Gasteiger partial charge is 0.258 e. The molecule has 0 amide bonds. The van der Waals surface area contributed by atoms with E-state index >= 15 is 0 Å². The maximum absolute atomic E-state index is 13.3. The molecule has 0 saturated carbocycles. The second-order valence-electron chi connectivity index (χ2n) is 4.46. The van der Waals surface area contributed by atoms with Crippen molar-refractivity contribution in [1.29, 1.82) is 0 Å². The highest BCUT2D eigenvalue weighted by atomic mass is 19.3. The summed E-state index contributed by atoms with van der Waals surface area (Å²) in [5, 5.41) is 31.7. The highest BCUT2D eigenvalue weighted by Crippen LogP contribution is 2.41. The zero-order chi connectivity index (χ0) is 14.0. The van der Waals surface area contributed by atoms with Crippen LogP contribution in [0.15, 0.2) is 12.1 Å². The maximum Gasteiger partial charge on any atom is 0.258 e. The molecule has 0 bridgehead atoms. The van der Waals surface area contributed by atoms with E-state index in [0.717, 1.165) is 12.1 Å². The van der Waals surface area contributed by atoms with Crippen LogP contribution in [-0.4, -0.2) is 52.8 Å². The first-order valence-corrected chi connectivity index (χ1v) is 5.98. The number of alkyl halides is 2. The third-order valence-corrected chi connectivity index (χ3v) is 3.20. The Balaban J connectivity index is 2.38. The second-order valence-corrected chi connectivity index (χ2v) is 4.46. The number of halogens is 2. The third-order valence-electron chi connectivity index (χ3n) is 3.20. The molecule has 1 saturated heterocycles. The molecule has 5 nitrogen and oxygen atoms in total. The molecule has 1 heterocycles. The lowest BCUT2D eigenvalue weighted by atomic mass is 10.0. The number of rotatable bonds is 3. The minimum atomic E-state index is -2.75. The summed E-state index contributed by atoms with van der Waals surface area (Å²) >= 11 is 0. The van der Waals surface area contributed by atoms with Gasteiger partial charge in [-0.05, 0) is 0 Å². The number of benzene rings is 1. The fourth-order valence-corrected chi connectivity index (χ4v) is 2.34. The Morgan fingerprint density at radius 1 is 1.05 bits per heavy atom. The Kier molecular flexibility index (Phi) is 4.06. The third kappa shape index (κ3) is 2.87. The lowest BCUT2D eigenvalue weighted by Crippen LogP contribution is -2.46. The number of nitrogens with one attached hydrogen (secondary N) is 1. The molecule has 1 aromatic rings. The fraction of sp³-hybridized carbons (Fsp3) is 0.500. The number of phenolic OH excluding ortho intramolecular Hbond substituents is 3. The van der Waals surface area contributed by atoms with Crippen molar-refractivity contribution in [1.82, 2.24) is 10.2 Å². The molecule has 1 aromatic carbocycles. The normalized spacial score (nSPS) is 18.7. The molecule has 0 aromatic heterocycles. The van der Waals surface area contributed by atoms with Crippen LogP contribution in [0.5, 0.6) is 17.2 Å². The van der Waals surface area contributed by atoms with E-state index < -0.39 is 24.0 Å². The summed E-state index contributed by atoms with van der Waals surface area (Å²) in [6, 6.07) is 0.516. The average molecular weight is 274 g/mol. The predicted molar refractivity (Wildman–Crippen MR) is 64.6 cm³/mol. The van der Waals surface area contributed by atoms with Gasteiger partial charge >= 0.3 is 0 Å². The lowest BCUT2D eigenvalue weighted by molar-refractivity contribution is 0.0158. The van der Waals surface area contributed by atoms with E-state index in [2.05, 4.69) is 5.32 Å². The first-order valence-electron chi connectivity index (χ1n) is 5.98. The van der Waals surface area contributed by atoms with Crippen molar-refractivity contribution in [2.45, 2.75) is 12.5 Å². The highest BCUT2D eigenvalue weighted by molar-refractivity contribution is 5.50. The van der Waals surface area contributed by atoms with Crippen molar-refractivity contribution >= 4 is 0 Å². The first kappa shape index (κ1) is 13.8. The Bertz CT molecular complexity index is 428. The van der Waals surface area contributed by atoms with Crippen LogP contribution in [0.3, 0.4) is 0 Å². The number of piperazine rings is 1. The molecule has 1 fully saturated rings. The van der Waals surface area contributed by atoms with Crippen molar-refractivity contribution < 1.29 is 24.1 Å². The fourth-order valence-electron chi connectivity index (χ4n) is 2.34. The molecule has 0 spiro atoms. The van der Waals surface area contributed by atoms with Gasteiger partial charge in [0.05, 0.1) is 5.56 Å². The summed E-state index contributed by atoms with van der Waals surface area (Å²) in [5.74, 6) is -1.42. The van der Waals surface area contributed by atoms with Crippen LogP contribution < -0.4 is 5.32 Å². The molecule has 4 N–H and O–H groups in total. The SMILES string of the molecule is Oc1cc(O)c([C@@H](C(F)F)N2CCNCC2)c(O)c1. The van der Waals surface area contributed by atoms with Gasteiger partial charge in [0.25, 0.3) is 6.43 Å². The molecular weight excluding hydrogens is 258 g/mol. The van der Waals surface area contributed by atoms with Crippen LogP contribution >= 0.6 is 0 Å². The van der Waals surface area contributed by atoms with Crippen molar-refractivity contribution in [3.63, 3.8) is 0 Å². The minimum absolute atomic E-state index is 0.241. The van der Waals surface area contributed by atoms with Gasteiger partial charge in [0, 0.05) is 38.3 Å². The predicted octanol–water partition coefficient (Wildman–Crippen LogP) is 1.01. The summed E-state index contributed by atoms with van der Waals surface area (Å²) in [6.07, 6.45) is -2.75. The first-order chi connectivity index (χ1) is 9.00. The number of nitrogens with zero attached hydrogens (tertiary/aromatic N) is 1. The molecule has 0 radical (unpaired) electrons. The Labute approximate surface area is 109 Å². The van der Waals surface area contributed by atoms with E-state index in [1.165, 1.54) is 4.90 Å². The van der Waals surface area contributed by atoms with E-state index in [1.54, 1.807) is 0 Å². The van der Waals surface area contributed by atoms with Gasteiger partial charge in [-0.3, -0.25) is 4.90 Å². The zero-order valence-corrected chi connectivity index (χ0v) is 10.2. The molecule has 7 heteroatoms. The molecule has 2 rings (SSSR count).